The molecule has 148 valence electrons. The molecular formula is C21H22O7. The number of rotatable bonds is 9. The molecule has 2 heterocycles. The Bertz CT molecular complexity index is 686. The third kappa shape index (κ3) is 6.70. The predicted molar refractivity (Wildman–Crippen MR) is 100 cm³/mol. The molecule has 0 aromatic heterocycles. The highest BCUT2D eigenvalue weighted by Gasteiger charge is 2.43. The van der Waals surface area contributed by atoms with Gasteiger partial charge in [0.25, 0.3) is 0 Å². The Labute approximate surface area is 163 Å². The molecule has 28 heavy (non-hydrogen) atoms. The van der Waals surface area contributed by atoms with E-state index in [2.05, 4.69) is 6.58 Å². The van der Waals surface area contributed by atoms with Crippen LogP contribution in [0.4, 0.5) is 0 Å². The lowest BCUT2D eigenvalue weighted by Crippen LogP contribution is -2.37. The third-order valence-corrected chi connectivity index (χ3v) is 3.76. The Morgan fingerprint density at radius 2 is 1.29 bits per heavy atom. The summed E-state index contributed by atoms with van der Waals surface area (Å²) < 4.78 is 28.5. The molecule has 2 aromatic carbocycles. The van der Waals surface area contributed by atoms with E-state index in [0.717, 1.165) is 17.6 Å². The van der Waals surface area contributed by atoms with Crippen molar-refractivity contribution in [3.8, 4) is 11.5 Å². The van der Waals surface area contributed by atoms with Gasteiger partial charge in [-0.15, -0.1) is 0 Å². The Morgan fingerprint density at radius 3 is 1.57 bits per heavy atom. The second kappa shape index (κ2) is 9.89. The van der Waals surface area contributed by atoms with E-state index < -0.39 is 18.5 Å². The summed E-state index contributed by atoms with van der Waals surface area (Å²) in [5.74, 6) is 0.497. The summed E-state index contributed by atoms with van der Waals surface area (Å²) in [4.78, 5) is 9.25. The minimum absolute atomic E-state index is 0.0733. The Hall–Kier alpha value is -2.87. The number of hydrogen-bond donors (Lipinski definition) is 1. The molecule has 0 amide bonds. The van der Waals surface area contributed by atoms with Crippen molar-refractivity contribution >= 4 is 5.97 Å². The number of hydrogen-bond acceptors (Lipinski definition) is 6. The Balaban J connectivity index is 0.000000403. The topological polar surface area (TPSA) is 90.1 Å². The standard InChI is InChI=1S/C18H18O5.C3H4O2/c1-3-7-13(8-4-1)21-17(15-11-19-15)23-18(16-12-20-16)22-14-9-5-2-6-10-14;1-2-3(4)5/h1-10,15-18H,11-12H2;2H,1H2,(H,4,5). The highest BCUT2D eigenvalue weighted by molar-refractivity contribution is 5.78. The molecule has 7 heteroatoms. The lowest BCUT2D eigenvalue weighted by Gasteiger charge is -2.24. The predicted octanol–water partition coefficient (Wildman–Crippen LogP) is 2.87. The van der Waals surface area contributed by atoms with Gasteiger partial charge in [-0.2, -0.15) is 0 Å². The van der Waals surface area contributed by atoms with Gasteiger partial charge in [-0.25, -0.2) is 4.79 Å². The lowest BCUT2D eigenvalue weighted by atomic mass is 10.3. The molecule has 0 saturated carbocycles. The molecule has 1 N–H and O–H groups in total. The van der Waals surface area contributed by atoms with Gasteiger partial charge in [0.2, 0.25) is 12.6 Å². The molecule has 2 aliphatic heterocycles. The van der Waals surface area contributed by atoms with Crippen LogP contribution in [0.1, 0.15) is 0 Å². The largest absolute Gasteiger partial charge is 0.478 e. The van der Waals surface area contributed by atoms with Crippen molar-refractivity contribution in [2.45, 2.75) is 24.8 Å². The van der Waals surface area contributed by atoms with Gasteiger partial charge in [-0.3, -0.25) is 4.74 Å². The fraction of sp³-hybridized carbons (Fsp3) is 0.286. The SMILES string of the molecule is C=CC(=O)O.c1ccc(OC(OC(Oc2ccccc2)C2CO2)C2CO2)cc1. The molecule has 2 fully saturated rings. The molecule has 2 aromatic rings. The number of carbonyl (C=O) groups is 1. The zero-order valence-electron chi connectivity index (χ0n) is 15.2. The molecule has 7 nitrogen and oxygen atoms in total. The van der Waals surface area contributed by atoms with Gasteiger partial charge >= 0.3 is 5.97 Å². The maximum Gasteiger partial charge on any atom is 0.327 e. The van der Waals surface area contributed by atoms with Gasteiger partial charge in [0.05, 0.1) is 13.2 Å². The first-order valence-corrected chi connectivity index (χ1v) is 8.83. The first-order chi connectivity index (χ1) is 13.7. The van der Waals surface area contributed by atoms with Crippen molar-refractivity contribution in [2.24, 2.45) is 0 Å². The van der Waals surface area contributed by atoms with E-state index in [4.69, 9.17) is 28.8 Å². The number of aliphatic carboxylic acids is 1. The van der Waals surface area contributed by atoms with E-state index in [-0.39, 0.29) is 12.2 Å². The lowest BCUT2D eigenvalue weighted by molar-refractivity contribution is -0.198. The molecule has 0 bridgehead atoms. The summed E-state index contributed by atoms with van der Waals surface area (Å²) in [7, 11) is 0. The van der Waals surface area contributed by atoms with Crippen LogP contribution in [0.15, 0.2) is 73.3 Å². The van der Waals surface area contributed by atoms with Crippen LogP contribution in [0.2, 0.25) is 0 Å². The fourth-order valence-corrected chi connectivity index (χ4v) is 2.21. The van der Waals surface area contributed by atoms with Crippen molar-refractivity contribution < 1.29 is 33.6 Å². The summed E-state index contributed by atoms with van der Waals surface area (Å²) in [6.45, 7) is 4.21. The number of carboxylic acid groups (broad SMARTS) is 1. The van der Waals surface area contributed by atoms with Crippen LogP contribution in [0.5, 0.6) is 11.5 Å². The molecule has 2 saturated heterocycles. The van der Waals surface area contributed by atoms with Gasteiger partial charge in [-0.05, 0) is 24.3 Å². The minimum Gasteiger partial charge on any atom is -0.478 e. The zero-order chi connectivity index (χ0) is 19.8. The first-order valence-electron chi connectivity index (χ1n) is 8.83. The number of carboxylic acids is 1. The average Bonchev–Trinajstić information content (AvgIpc) is 3.62. The van der Waals surface area contributed by atoms with Crippen molar-refractivity contribution in [2.75, 3.05) is 13.2 Å². The smallest absolute Gasteiger partial charge is 0.327 e. The van der Waals surface area contributed by atoms with Crippen molar-refractivity contribution in [1.82, 2.24) is 0 Å². The average molecular weight is 386 g/mol. The number of para-hydroxylation sites is 2. The van der Waals surface area contributed by atoms with Crippen LogP contribution in [0, 0.1) is 0 Å². The maximum absolute atomic E-state index is 9.25. The van der Waals surface area contributed by atoms with Gasteiger partial charge < -0.3 is 24.1 Å². The van der Waals surface area contributed by atoms with Crippen molar-refractivity contribution in [1.29, 1.82) is 0 Å². The van der Waals surface area contributed by atoms with Crippen molar-refractivity contribution in [3.05, 3.63) is 73.3 Å². The summed E-state index contributed by atoms with van der Waals surface area (Å²) in [5, 5.41) is 7.60. The van der Waals surface area contributed by atoms with Crippen LogP contribution in [-0.4, -0.2) is 49.1 Å². The number of benzene rings is 2. The van der Waals surface area contributed by atoms with Crippen LogP contribution in [0.3, 0.4) is 0 Å². The molecule has 0 radical (unpaired) electrons. The molecule has 0 aliphatic carbocycles. The fourth-order valence-electron chi connectivity index (χ4n) is 2.21. The van der Waals surface area contributed by atoms with E-state index in [0.29, 0.717) is 13.2 Å². The highest BCUT2D eigenvalue weighted by atomic mass is 16.8. The van der Waals surface area contributed by atoms with Crippen LogP contribution in [-0.2, 0) is 19.0 Å². The summed E-state index contributed by atoms with van der Waals surface area (Å²) in [6, 6.07) is 19.1. The monoisotopic (exact) mass is 386 g/mol. The highest BCUT2D eigenvalue weighted by Crippen LogP contribution is 2.27. The summed E-state index contributed by atoms with van der Waals surface area (Å²) in [5.41, 5.74) is 0. The normalized spacial score (nSPS) is 21.3. The Kier molecular flexibility index (Phi) is 7.02. The minimum atomic E-state index is -0.981. The molecular weight excluding hydrogens is 364 g/mol. The Morgan fingerprint density at radius 1 is 0.929 bits per heavy atom. The van der Waals surface area contributed by atoms with Gasteiger partial charge in [0.15, 0.2) is 0 Å². The summed E-state index contributed by atoms with van der Waals surface area (Å²) in [6.07, 6.45) is -0.350. The van der Waals surface area contributed by atoms with Crippen LogP contribution < -0.4 is 9.47 Å². The second-order valence-electron chi connectivity index (χ2n) is 6.02. The van der Waals surface area contributed by atoms with Crippen molar-refractivity contribution in [3.63, 3.8) is 0 Å². The quantitative estimate of drug-likeness (QED) is 0.403. The van der Waals surface area contributed by atoms with Crippen LogP contribution >= 0.6 is 0 Å². The van der Waals surface area contributed by atoms with Crippen LogP contribution in [0.25, 0.3) is 0 Å². The molecule has 4 atom stereocenters. The zero-order valence-corrected chi connectivity index (χ0v) is 15.2. The molecule has 0 spiro atoms. The number of ether oxygens (including phenoxy) is 5. The first kappa shape index (κ1) is 19.9. The van der Waals surface area contributed by atoms with Gasteiger partial charge in [0.1, 0.15) is 23.7 Å². The third-order valence-electron chi connectivity index (χ3n) is 3.76. The summed E-state index contributed by atoms with van der Waals surface area (Å²) >= 11 is 0. The van der Waals surface area contributed by atoms with E-state index in [9.17, 15) is 4.79 Å². The second-order valence-corrected chi connectivity index (χ2v) is 6.02. The molecule has 4 rings (SSSR count). The molecule has 2 aliphatic rings. The van der Waals surface area contributed by atoms with E-state index >= 15 is 0 Å². The van der Waals surface area contributed by atoms with E-state index in [1.54, 1.807) is 0 Å². The maximum atomic E-state index is 9.25. The van der Waals surface area contributed by atoms with Gasteiger partial charge in [-0.1, -0.05) is 43.0 Å². The van der Waals surface area contributed by atoms with Gasteiger partial charge in [0, 0.05) is 6.08 Å². The number of epoxide rings is 2. The van der Waals surface area contributed by atoms with E-state index in [1.807, 2.05) is 60.7 Å². The molecule has 4 unspecified atom stereocenters. The van der Waals surface area contributed by atoms with E-state index in [1.165, 1.54) is 0 Å².